The molecule has 84 valence electrons. The first-order valence-electron chi connectivity index (χ1n) is 5.16. The summed E-state index contributed by atoms with van der Waals surface area (Å²) in [6.45, 7) is 5.04. The highest BCUT2D eigenvalue weighted by Crippen LogP contribution is 2.15. The van der Waals surface area contributed by atoms with E-state index in [1.807, 2.05) is 6.92 Å². The van der Waals surface area contributed by atoms with Crippen LogP contribution in [-0.4, -0.2) is 19.0 Å². The maximum atomic E-state index is 11.4. The molecular weight excluding hydrogens is 208 g/mol. The van der Waals surface area contributed by atoms with Gasteiger partial charge in [0.2, 0.25) is 5.91 Å². The number of rotatable bonds is 5. The Morgan fingerprint density at radius 1 is 1.67 bits per heavy atom. The summed E-state index contributed by atoms with van der Waals surface area (Å²) < 4.78 is 0. The van der Waals surface area contributed by atoms with Crippen molar-refractivity contribution in [3.05, 3.63) is 21.9 Å². The molecule has 3 nitrogen and oxygen atoms in total. The monoisotopic (exact) mass is 226 g/mol. The molecule has 0 saturated heterocycles. The van der Waals surface area contributed by atoms with Gasteiger partial charge in [0.15, 0.2) is 0 Å². The topological polar surface area (TPSA) is 55.1 Å². The zero-order chi connectivity index (χ0) is 11.3. The molecule has 0 fully saturated rings. The van der Waals surface area contributed by atoms with Crippen molar-refractivity contribution in [1.29, 1.82) is 0 Å². The zero-order valence-corrected chi connectivity index (χ0v) is 10.1. The lowest BCUT2D eigenvalue weighted by molar-refractivity contribution is -0.124. The summed E-state index contributed by atoms with van der Waals surface area (Å²) in [6, 6.07) is 2.10. The standard InChI is InChI=1S/C11H18N2OS/c1-8-4-6-15-10(8)3-5-13-11(14)9(2)7-12/h4,6,9H,3,5,7,12H2,1-2H3,(H,13,14). The molecule has 0 aliphatic heterocycles. The summed E-state index contributed by atoms with van der Waals surface area (Å²) in [5, 5.41) is 4.96. The third-order valence-corrected chi connectivity index (χ3v) is 3.50. The van der Waals surface area contributed by atoms with E-state index in [-0.39, 0.29) is 11.8 Å². The van der Waals surface area contributed by atoms with Crippen molar-refractivity contribution in [3.63, 3.8) is 0 Å². The van der Waals surface area contributed by atoms with Crippen LogP contribution in [0.3, 0.4) is 0 Å². The molecule has 1 unspecified atom stereocenters. The lowest BCUT2D eigenvalue weighted by Crippen LogP contribution is -2.34. The smallest absolute Gasteiger partial charge is 0.224 e. The SMILES string of the molecule is Cc1ccsc1CCNC(=O)C(C)CN. The Bertz CT molecular complexity index is 322. The first-order chi connectivity index (χ1) is 7.15. The normalized spacial score (nSPS) is 12.5. The highest BCUT2D eigenvalue weighted by Gasteiger charge is 2.09. The number of nitrogens with two attached hydrogens (primary N) is 1. The minimum absolute atomic E-state index is 0.0479. The molecule has 1 heterocycles. The lowest BCUT2D eigenvalue weighted by atomic mass is 10.1. The Labute approximate surface area is 94.7 Å². The molecule has 0 bridgehead atoms. The van der Waals surface area contributed by atoms with Gasteiger partial charge in [-0.05, 0) is 30.4 Å². The van der Waals surface area contributed by atoms with Gasteiger partial charge < -0.3 is 11.1 Å². The molecule has 0 spiro atoms. The van der Waals surface area contributed by atoms with Crippen LogP contribution in [0, 0.1) is 12.8 Å². The molecule has 1 rings (SSSR count). The number of hydrogen-bond acceptors (Lipinski definition) is 3. The Balaban J connectivity index is 2.28. The van der Waals surface area contributed by atoms with Gasteiger partial charge >= 0.3 is 0 Å². The second kappa shape index (κ2) is 5.88. The third kappa shape index (κ3) is 3.64. The van der Waals surface area contributed by atoms with Crippen LogP contribution in [0.5, 0.6) is 0 Å². The summed E-state index contributed by atoms with van der Waals surface area (Å²) >= 11 is 1.74. The van der Waals surface area contributed by atoms with Crippen molar-refractivity contribution in [2.24, 2.45) is 11.7 Å². The van der Waals surface area contributed by atoms with Gasteiger partial charge in [-0.2, -0.15) is 0 Å². The highest BCUT2D eigenvalue weighted by atomic mass is 32.1. The zero-order valence-electron chi connectivity index (χ0n) is 9.25. The van der Waals surface area contributed by atoms with Crippen molar-refractivity contribution < 1.29 is 4.79 Å². The highest BCUT2D eigenvalue weighted by molar-refractivity contribution is 7.10. The first-order valence-corrected chi connectivity index (χ1v) is 6.04. The molecule has 4 heteroatoms. The van der Waals surface area contributed by atoms with Crippen LogP contribution in [0.4, 0.5) is 0 Å². The van der Waals surface area contributed by atoms with Gasteiger partial charge in [0.25, 0.3) is 0 Å². The Kier molecular flexibility index (Phi) is 4.78. The maximum absolute atomic E-state index is 11.4. The lowest BCUT2D eigenvalue weighted by Gasteiger charge is -2.09. The van der Waals surface area contributed by atoms with E-state index in [4.69, 9.17) is 5.73 Å². The van der Waals surface area contributed by atoms with E-state index >= 15 is 0 Å². The van der Waals surface area contributed by atoms with Crippen molar-refractivity contribution in [1.82, 2.24) is 5.32 Å². The van der Waals surface area contributed by atoms with E-state index in [0.717, 1.165) is 6.42 Å². The molecule has 1 atom stereocenters. The molecule has 0 aromatic carbocycles. The van der Waals surface area contributed by atoms with Gasteiger partial charge in [0, 0.05) is 23.9 Å². The fourth-order valence-corrected chi connectivity index (χ4v) is 2.15. The van der Waals surface area contributed by atoms with Gasteiger partial charge in [-0.15, -0.1) is 11.3 Å². The van der Waals surface area contributed by atoms with Gasteiger partial charge in [-0.1, -0.05) is 6.92 Å². The number of aryl methyl sites for hydroxylation is 1. The molecule has 0 saturated carbocycles. The summed E-state index contributed by atoms with van der Waals surface area (Å²) in [6.07, 6.45) is 0.909. The summed E-state index contributed by atoms with van der Waals surface area (Å²) in [5.41, 5.74) is 6.71. The molecule has 1 amide bonds. The fourth-order valence-electron chi connectivity index (χ4n) is 1.24. The van der Waals surface area contributed by atoms with E-state index in [1.165, 1.54) is 10.4 Å². The molecule has 15 heavy (non-hydrogen) atoms. The number of amides is 1. The van der Waals surface area contributed by atoms with Crippen LogP contribution in [-0.2, 0) is 11.2 Å². The molecule has 0 radical (unpaired) electrons. The second-order valence-corrected chi connectivity index (χ2v) is 4.71. The Hall–Kier alpha value is -0.870. The first kappa shape index (κ1) is 12.2. The average Bonchev–Trinajstić information content (AvgIpc) is 2.63. The minimum atomic E-state index is -0.0885. The van der Waals surface area contributed by atoms with Gasteiger partial charge in [-0.3, -0.25) is 4.79 Å². The number of hydrogen-bond donors (Lipinski definition) is 2. The van der Waals surface area contributed by atoms with E-state index < -0.39 is 0 Å². The summed E-state index contributed by atoms with van der Waals surface area (Å²) in [4.78, 5) is 12.7. The van der Waals surface area contributed by atoms with Crippen molar-refractivity contribution in [2.45, 2.75) is 20.3 Å². The molecule has 1 aromatic heterocycles. The van der Waals surface area contributed by atoms with E-state index in [0.29, 0.717) is 13.1 Å². The van der Waals surface area contributed by atoms with Gasteiger partial charge in [0.05, 0.1) is 0 Å². The van der Waals surface area contributed by atoms with Crippen LogP contribution in [0.25, 0.3) is 0 Å². The van der Waals surface area contributed by atoms with Gasteiger partial charge in [0.1, 0.15) is 0 Å². The van der Waals surface area contributed by atoms with Crippen molar-refractivity contribution in [3.8, 4) is 0 Å². The number of carbonyl (C=O) groups is 1. The van der Waals surface area contributed by atoms with Crippen molar-refractivity contribution >= 4 is 17.2 Å². The fraction of sp³-hybridized carbons (Fsp3) is 0.545. The molecule has 1 aromatic rings. The maximum Gasteiger partial charge on any atom is 0.224 e. The van der Waals surface area contributed by atoms with E-state index in [9.17, 15) is 4.79 Å². The Morgan fingerprint density at radius 3 is 2.93 bits per heavy atom. The predicted molar refractivity (Wildman–Crippen MR) is 64.0 cm³/mol. The number of thiophene rings is 1. The average molecular weight is 226 g/mol. The van der Waals surface area contributed by atoms with Crippen LogP contribution >= 0.6 is 11.3 Å². The van der Waals surface area contributed by atoms with E-state index in [1.54, 1.807) is 11.3 Å². The van der Waals surface area contributed by atoms with Crippen LogP contribution in [0.1, 0.15) is 17.4 Å². The largest absolute Gasteiger partial charge is 0.355 e. The van der Waals surface area contributed by atoms with Crippen molar-refractivity contribution in [2.75, 3.05) is 13.1 Å². The number of carbonyl (C=O) groups excluding carboxylic acids is 1. The number of nitrogens with one attached hydrogen (secondary N) is 1. The summed E-state index contributed by atoms with van der Waals surface area (Å²) in [5.74, 6) is -0.0406. The van der Waals surface area contributed by atoms with E-state index in [2.05, 4.69) is 23.7 Å². The van der Waals surface area contributed by atoms with Crippen LogP contribution < -0.4 is 11.1 Å². The Morgan fingerprint density at radius 2 is 2.40 bits per heavy atom. The second-order valence-electron chi connectivity index (χ2n) is 3.70. The summed E-state index contributed by atoms with van der Waals surface area (Å²) in [7, 11) is 0. The third-order valence-electron chi connectivity index (χ3n) is 2.42. The van der Waals surface area contributed by atoms with Gasteiger partial charge in [-0.25, -0.2) is 0 Å². The minimum Gasteiger partial charge on any atom is -0.355 e. The molecule has 0 aliphatic carbocycles. The van der Waals surface area contributed by atoms with Crippen LogP contribution in [0.2, 0.25) is 0 Å². The molecular formula is C11H18N2OS. The molecule has 0 aliphatic rings. The molecule has 3 N–H and O–H groups in total. The predicted octanol–water partition coefficient (Wildman–Crippen LogP) is 1.31. The van der Waals surface area contributed by atoms with Crippen LogP contribution in [0.15, 0.2) is 11.4 Å². The quantitative estimate of drug-likeness (QED) is 0.795.